The minimum Gasteiger partial charge on any atom is -0.329 e. The van der Waals surface area contributed by atoms with E-state index in [0.29, 0.717) is 0 Å². The fourth-order valence-corrected chi connectivity index (χ4v) is 2.98. The third kappa shape index (κ3) is 2.63. The number of imidazole rings is 1. The first-order chi connectivity index (χ1) is 8.93. The van der Waals surface area contributed by atoms with E-state index in [-0.39, 0.29) is 0 Å². The third-order valence-electron chi connectivity index (χ3n) is 3.40. The third-order valence-corrected chi connectivity index (χ3v) is 4.08. The second kappa shape index (κ2) is 5.65. The zero-order valence-corrected chi connectivity index (χ0v) is 11.2. The van der Waals surface area contributed by atoms with Crippen molar-refractivity contribution in [2.24, 2.45) is 0 Å². The highest BCUT2D eigenvalue weighted by Crippen LogP contribution is 2.21. The second-order valence-electron chi connectivity index (χ2n) is 4.58. The highest BCUT2D eigenvalue weighted by atomic mass is 32.1. The van der Waals surface area contributed by atoms with Crippen LogP contribution in [0.15, 0.2) is 29.4 Å². The van der Waals surface area contributed by atoms with Gasteiger partial charge in [0.2, 0.25) is 0 Å². The lowest BCUT2D eigenvalue weighted by molar-refractivity contribution is 0.233. The quantitative estimate of drug-likeness (QED) is 0.907. The van der Waals surface area contributed by atoms with Crippen molar-refractivity contribution in [3.63, 3.8) is 0 Å². The van der Waals surface area contributed by atoms with Crippen molar-refractivity contribution in [1.29, 1.82) is 0 Å². The van der Waals surface area contributed by atoms with Gasteiger partial charge in [-0.15, -0.1) is 0 Å². The monoisotopic (exact) mass is 262 g/mol. The van der Waals surface area contributed by atoms with Crippen molar-refractivity contribution in [3.8, 4) is 11.3 Å². The van der Waals surface area contributed by atoms with Crippen LogP contribution < -0.4 is 5.32 Å². The lowest BCUT2D eigenvalue weighted by Gasteiger charge is -2.27. The summed E-state index contributed by atoms with van der Waals surface area (Å²) in [7, 11) is 0. The molecule has 1 N–H and O–H groups in total. The number of nitrogens with zero attached hydrogens (tertiary/aromatic N) is 3. The summed E-state index contributed by atoms with van der Waals surface area (Å²) >= 11 is 1.73. The maximum atomic E-state index is 4.28. The van der Waals surface area contributed by atoms with Gasteiger partial charge in [-0.1, -0.05) is 0 Å². The molecule has 5 heteroatoms. The lowest BCUT2D eigenvalue weighted by atomic mass is 10.2. The van der Waals surface area contributed by atoms with Gasteiger partial charge in [0, 0.05) is 50.2 Å². The van der Waals surface area contributed by atoms with Gasteiger partial charge in [0.25, 0.3) is 0 Å². The zero-order chi connectivity index (χ0) is 12.2. The Hall–Kier alpha value is -1.17. The van der Waals surface area contributed by atoms with Crippen LogP contribution in [0.2, 0.25) is 0 Å². The fourth-order valence-electron chi connectivity index (χ4n) is 2.33. The fraction of sp³-hybridized carbons (Fsp3) is 0.462. The standard InChI is InChI=1S/C13H18N4S/c1-8-18-10-12(1)13-9-15-11-17(13)7-6-16-4-2-14-3-5-16/h1,8-11,14H,2-7H2. The second-order valence-corrected chi connectivity index (χ2v) is 5.36. The number of nitrogens with one attached hydrogen (secondary N) is 1. The summed E-state index contributed by atoms with van der Waals surface area (Å²) in [6.07, 6.45) is 3.90. The molecule has 0 spiro atoms. The predicted octanol–water partition coefficient (Wildman–Crippen LogP) is 1.52. The molecule has 1 fully saturated rings. The molecule has 96 valence electrons. The number of piperazine rings is 1. The highest BCUT2D eigenvalue weighted by molar-refractivity contribution is 7.08. The van der Waals surface area contributed by atoms with E-state index < -0.39 is 0 Å². The molecule has 2 aromatic rings. The Kier molecular flexibility index (Phi) is 3.73. The normalized spacial score (nSPS) is 17.1. The molecular formula is C13H18N4S. The summed E-state index contributed by atoms with van der Waals surface area (Å²) in [5.41, 5.74) is 2.50. The van der Waals surface area contributed by atoms with E-state index in [4.69, 9.17) is 0 Å². The molecule has 1 saturated heterocycles. The number of thiophene rings is 1. The van der Waals surface area contributed by atoms with E-state index in [0.717, 1.165) is 39.3 Å². The van der Waals surface area contributed by atoms with Crippen LogP contribution in [0.25, 0.3) is 11.3 Å². The van der Waals surface area contributed by atoms with Crippen LogP contribution in [0.4, 0.5) is 0 Å². The molecule has 0 saturated carbocycles. The largest absolute Gasteiger partial charge is 0.329 e. The molecule has 18 heavy (non-hydrogen) atoms. The van der Waals surface area contributed by atoms with E-state index in [1.165, 1.54) is 11.3 Å². The van der Waals surface area contributed by atoms with E-state index in [1.54, 1.807) is 11.3 Å². The lowest BCUT2D eigenvalue weighted by Crippen LogP contribution is -2.44. The molecule has 0 atom stereocenters. The number of rotatable bonds is 4. The van der Waals surface area contributed by atoms with Crippen molar-refractivity contribution in [3.05, 3.63) is 29.4 Å². The predicted molar refractivity (Wildman–Crippen MR) is 74.8 cm³/mol. The van der Waals surface area contributed by atoms with Crippen molar-refractivity contribution < 1.29 is 0 Å². The Bertz CT molecular complexity index is 471. The Morgan fingerprint density at radius 1 is 1.28 bits per heavy atom. The molecule has 0 amide bonds. The Balaban J connectivity index is 1.64. The summed E-state index contributed by atoms with van der Waals surface area (Å²) < 4.78 is 2.25. The smallest absolute Gasteiger partial charge is 0.0951 e. The Morgan fingerprint density at radius 3 is 2.94 bits per heavy atom. The maximum absolute atomic E-state index is 4.28. The van der Waals surface area contributed by atoms with Gasteiger partial charge in [-0.05, 0) is 11.4 Å². The van der Waals surface area contributed by atoms with Crippen LogP contribution in [0, 0.1) is 0 Å². The maximum Gasteiger partial charge on any atom is 0.0951 e. The molecule has 0 aliphatic carbocycles. The molecule has 2 aromatic heterocycles. The van der Waals surface area contributed by atoms with Gasteiger partial charge < -0.3 is 9.88 Å². The van der Waals surface area contributed by atoms with Gasteiger partial charge >= 0.3 is 0 Å². The molecule has 1 aliphatic heterocycles. The zero-order valence-electron chi connectivity index (χ0n) is 10.4. The van der Waals surface area contributed by atoms with Crippen LogP contribution in [-0.4, -0.2) is 47.2 Å². The number of aromatic nitrogens is 2. The summed E-state index contributed by atoms with van der Waals surface area (Å²) in [5.74, 6) is 0. The van der Waals surface area contributed by atoms with Gasteiger partial charge in [-0.2, -0.15) is 11.3 Å². The summed E-state index contributed by atoms with van der Waals surface area (Å²) in [6, 6.07) is 2.16. The molecule has 3 heterocycles. The Morgan fingerprint density at radius 2 is 2.17 bits per heavy atom. The van der Waals surface area contributed by atoms with E-state index in [9.17, 15) is 0 Å². The van der Waals surface area contributed by atoms with Crippen molar-refractivity contribution in [2.45, 2.75) is 6.54 Å². The van der Waals surface area contributed by atoms with Crippen LogP contribution >= 0.6 is 11.3 Å². The minimum absolute atomic E-state index is 1.02. The van der Waals surface area contributed by atoms with Crippen molar-refractivity contribution in [2.75, 3.05) is 32.7 Å². The van der Waals surface area contributed by atoms with Gasteiger partial charge in [0.05, 0.1) is 18.2 Å². The average Bonchev–Trinajstić information content (AvgIpc) is 3.08. The summed E-state index contributed by atoms with van der Waals surface area (Å²) in [5, 5.41) is 7.68. The van der Waals surface area contributed by atoms with Gasteiger partial charge in [-0.3, -0.25) is 4.90 Å². The van der Waals surface area contributed by atoms with Gasteiger partial charge in [-0.25, -0.2) is 4.98 Å². The average molecular weight is 262 g/mol. The molecule has 0 radical (unpaired) electrons. The first-order valence-electron chi connectivity index (χ1n) is 6.39. The van der Waals surface area contributed by atoms with Crippen LogP contribution in [0.3, 0.4) is 0 Å². The molecular weight excluding hydrogens is 244 g/mol. The molecule has 1 aliphatic rings. The van der Waals surface area contributed by atoms with Crippen LogP contribution in [0.5, 0.6) is 0 Å². The molecule has 4 nitrogen and oxygen atoms in total. The molecule has 0 bridgehead atoms. The first-order valence-corrected chi connectivity index (χ1v) is 7.33. The summed E-state index contributed by atoms with van der Waals surface area (Å²) in [4.78, 5) is 6.79. The summed E-state index contributed by atoms with van der Waals surface area (Å²) in [6.45, 7) is 6.66. The molecule has 3 rings (SSSR count). The SMILES string of the molecule is c1cc(-c2cncn2CCN2CCNCC2)cs1. The molecule has 0 aromatic carbocycles. The topological polar surface area (TPSA) is 33.1 Å². The number of hydrogen-bond donors (Lipinski definition) is 1. The van der Waals surface area contributed by atoms with Gasteiger partial charge in [0.1, 0.15) is 0 Å². The first kappa shape index (κ1) is 11.9. The van der Waals surface area contributed by atoms with E-state index >= 15 is 0 Å². The highest BCUT2D eigenvalue weighted by Gasteiger charge is 2.10. The molecule has 0 unspecified atom stereocenters. The van der Waals surface area contributed by atoms with Crippen LogP contribution in [-0.2, 0) is 6.54 Å². The van der Waals surface area contributed by atoms with Crippen molar-refractivity contribution in [1.82, 2.24) is 19.8 Å². The van der Waals surface area contributed by atoms with Crippen LogP contribution in [0.1, 0.15) is 0 Å². The number of hydrogen-bond acceptors (Lipinski definition) is 4. The van der Waals surface area contributed by atoms with E-state index in [1.807, 2.05) is 12.5 Å². The van der Waals surface area contributed by atoms with Crippen molar-refractivity contribution >= 4 is 11.3 Å². The Labute approximate surface area is 111 Å². The minimum atomic E-state index is 1.02. The van der Waals surface area contributed by atoms with E-state index in [2.05, 4.69) is 36.6 Å². The van der Waals surface area contributed by atoms with Gasteiger partial charge in [0.15, 0.2) is 0 Å².